The minimum atomic E-state index is -0.0730. The quantitative estimate of drug-likeness (QED) is 0.740. The van der Waals surface area contributed by atoms with Crippen LogP contribution in [-0.2, 0) is 0 Å². The Labute approximate surface area is 139 Å². The third-order valence-electron chi connectivity index (χ3n) is 3.64. The molecule has 0 aliphatic rings. The standard InChI is InChI=1S/C17H15Cl2N3/c18-14-8-4-7-12(17(14)19)13(10-20)16-9-15(21-22-16)11-5-2-1-3-6-11/h1-9,13H,10,20H2,(H,21,22). The minimum Gasteiger partial charge on any atom is -0.329 e. The zero-order valence-electron chi connectivity index (χ0n) is 11.8. The number of hydrogen-bond donors (Lipinski definition) is 2. The molecule has 22 heavy (non-hydrogen) atoms. The molecule has 1 atom stereocenters. The van der Waals surface area contributed by atoms with E-state index in [-0.39, 0.29) is 5.92 Å². The van der Waals surface area contributed by atoms with Crippen LogP contribution in [0.4, 0.5) is 0 Å². The molecule has 0 aliphatic carbocycles. The summed E-state index contributed by atoms with van der Waals surface area (Å²) in [6.07, 6.45) is 0. The number of nitrogens with zero attached hydrogens (tertiary/aromatic N) is 1. The highest BCUT2D eigenvalue weighted by atomic mass is 35.5. The zero-order chi connectivity index (χ0) is 15.5. The maximum Gasteiger partial charge on any atom is 0.0923 e. The molecule has 0 saturated heterocycles. The summed E-state index contributed by atoms with van der Waals surface area (Å²) in [5, 5.41) is 8.51. The number of hydrogen-bond acceptors (Lipinski definition) is 2. The summed E-state index contributed by atoms with van der Waals surface area (Å²) in [4.78, 5) is 0. The van der Waals surface area contributed by atoms with Crippen LogP contribution in [0.2, 0.25) is 10.0 Å². The molecule has 0 aliphatic heterocycles. The van der Waals surface area contributed by atoms with Crippen molar-refractivity contribution in [1.29, 1.82) is 0 Å². The first-order valence-electron chi connectivity index (χ1n) is 6.95. The minimum absolute atomic E-state index is 0.0730. The second-order valence-electron chi connectivity index (χ2n) is 5.01. The van der Waals surface area contributed by atoms with Crippen LogP contribution in [0.25, 0.3) is 11.3 Å². The van der Waals surface area contributed by atoms with Gasteiger partial charge in [0.15, 0.2) is 0 Å². The smallest absolute Gasteiger partial charge is 0.0923 e. The van der Waals surface area contributed by atoms with Gasteiger partial charge in [-0.2, -0.15) is 5.10 Å². The number of H-pyrrole nitrogens is 1. The van der Waals surface area contributed by atoms with Gasteiger partial charge in [0.25, 0.3) is 0 Å². The third-order valence-corrected chi connectivity index (χ3v) is 4.47. The Balaban J connectivity index is 1.98. The SMILES string of the molecule is NCC(c1cc(-c2ccccc2)n[nH]1)c1cccc(Cl)c1Cl. The molecule has 3 aromatic rings. The second kappa shape index (κ2) is 6.53. The van der Waals surface area contributed by atoms with E-state index >= 15 is 0 Å². The van der Waals surface area contributed by atoms with Crippen molar-refractivity contribution in [2.24, 2.45) is 5.73 Å². The van der Waals surface area contributed by atoms with Crippen molar-refractivity contribution in [2.75, 3.05) is 6.54 Å². The van der Waals surface area contributed by atoms with E-state index in [1.165, 1.54) is 0 Å². The number of aromatic amines is 1. The van der Waals surface area contributed by atoms with Crippen molar-refractivity contribution >= 4 is 23.2 Å². The number of nitrogens with one attached hydrogen (secondary N) is 1. The third kappa shape index (κ3) is 2.88. The molecule has 1 heterocycles. The summed E-state index contributed by atoms with van der Waals surface area (Å²) in [7, 11) is 0. The first-order valence-corrected chi connectivity index (χ1v) is 7.71. The summed E-state index contributed by atoms with van der Waals surface area (Å²) in [6, 6.07) is 17.6. The van der Waals surface area contributed by atoms with Crippen LogP contribution in [0.15, 0.2) is 54.6 Å². The van der Waals surface area contributed by atoms with Crippen molar-refractivity contribution in [1.82, 2.24) is 10.2 Å². The van der Waals surface area contributed by atoms with Gasteiger partial charge in [-0.3, -0.25) is 5.10 Å². The maximum atomic E-state index is 6.32. The van der Waals surface area contributed by atoms with Crippen molar-refractivity contribution in [2.45, 2.75) is 5.92 Å². The fourth-order valence-electron chi connectivity index (χ4n) is 2.48. The molecule has 3 N–H and O–H groups in total. The number of nitrogens with two attached hydrogens (primary N) is 1. The Morgan fingerprint density at radius 1 is 1.05 bits per heavy atom. The number of aromatic nitrogens is 2. The lowest BCUT2D eigenvalue weighted by atomic mass is 9.95. The highest BCUT2D eigenvalue weighted by Crippen LogP contribution is 2.34. The highest BCUT2D eigenvalue weighted by Gasteiger charge is 2.19. The Bertz CT molecular complexity index is 769. The lowest BCUT2D eigenvalue weighted by Gasteiger charge is -2.15. The fraction of sp³-hybridized carbons (Fsp3) is 0.118. The van der Waals surface area contributed by atoms with Gasteiger partial charge in [-0.05, 0) is 17.7 Å². The molecule has 2 aromatic carbocycles. The summed E-state index contributed by atoms with van der Waals surface area (Å²) in [5.74, 6) is -0.0730. The summed E-state index contributed by atoms with van der Waals surface area (Å²) in [6.45, 7) is 0.413. The first-order chi connectivity index (χ1) is 10.7. The summed E-state index contributed by atoms with van der Waals surface area (Å²) < 4.78 is 0. The van der Waals surface area contributed by atoms with Crippen LogP contribution in [-0.4, -0.2) is 16.7 Å². The van der Waals surface area contributed by atoms with Crippen LogP contribution < -0.4 is 5.73 Å². The number of rotatable bonds is 4. The van der Waals surface area contributed by atoms with Gasteiger partial charge in [0, 0.05) is 23.7 Å². The number of benzene rings is 2. The van der Waals surface area contributed by atoms with Gasteiger partial charge in [-0.1, -0.05) is 65.7 Å². The van der Waals surface area contributed by atoms with Crippen molar-refractivity contribution in [3.63, 3.8) is 0 Å². The lowest BCUT2D eigenvalue weighted by molar-refractivity contribution is 0.779. The lowest BCUT2D eigenvalue weighted by Crippen LogP contribution is -2.14. The molecule has 0 amide bonds. The Morgan fingerprint density at radius 3 is 2.55 bits per heavy atom. The van der Waals surface area contributed by atoms with Crippen LogP contribution in [0, 0.1) is 0 Å². The molecule has 3 nitrogen and oxygen atoms in total. The van der Waals surface area contributed by atoms with Crippen LogP contribution in [0.1, 0.15) is 17.2 Å². The molecule has 0 radical (unpaired) electrons. The molecule has 1 unspecified atom stereocenters. The van der Waals surface area contributed by atoms with Crippen LogP contribution in [0.5, 0.6) is 0 Å². The average molecular weight is 332 g/mol. The van der Waals surface area contributed by atoms with E-state index < -0.39 is 0 Å². The van der Waals surface area contributed by atoms with Gasteiger partial charge in [-0.15, -0.1) is 0 Å². The molecule has 0 fully saturated rings. The monoisotopic (exact) mass is 331 g/mol. The molecule has 0 saturated carbocycles. The van der Waals surface area contributed by atoms with E-state index in [0.29, 0.717) is 16.6 Å². The van der Waals surface area contributed by atoms with E-state index in [1.54, 1.807) is 6.07 Å². The van der Waals surface area contributed by atoms with Gasteiger partial charge >= 0.3 is 0 Å². The predicted molar refractivity (Wildman–Crippen MR) is 91.4 cm³/mol. The van der Waals surface area contributed by atoms with Crippen molar-refractivity contribution < 1.29 is 0 Å². The summed E-state index contributed by atoms with van der Waals surface area (Å²) >= 11 is 12.4. The van der Waals surface area contributed by atoms with Gasteiger partial charge in [0.2, 0.25) is 0 Å². The Kier molecular flexibility index (Phi) is 4.48. The Morgan fingerprint density at radius 2 is 1.82 bits per heavy atom. The van der Waals surface area contributed by atoms with Crippen molar-refractivity contribution in [3.8, 4) is 11.3 Å². The molecular formula is C17H15Cl2N3. The highest BCUT2D eigenvalue weighted by molar-refractivity contribution is 6.42. The van der Waals surface area contributed by atoms with Crippen LogP contribution in [0.3, 0.4) is 0 Å². The second-order valence-corrected chi connectivity index (χ2v) is 5.79. The van der Waals surface area contributed by atoms with E-state index in [9.17, 15) is 0 Å². The molecule has 0 spiro atoms. The van der Waals surface area contributed by atoms with Gasteiger partial charge < -0.3 is 5.73 Å². The Hall–Kier alpha value is -1.81. The van der Waals surface area contributed by atoms with E-state index in [2.05, 4.69) is 10.2 Å². The van der Waals surface area contributed by atoms with Gasteiger partial charge in [-0.25, -0.2) is 0 Å². The molecule has 5 heteroatoms. The normalized spacial score (nSPS) is 12.3. The molecular weight excluding hydrogens is 317 g/mol. The van der Waals surface area contributed by atoms with E-state index in [0.717, 1.165) is 22.5 Å². The number of halogens is 2. The van der Waals surface area contributed by atoms with Crippen LogP contribution >= 0.6 is 23.2 Å². The van der Waals surface area contributed by atoms with E-state index in [4.69, 9.17) is 28.9 Å². The van der Waals surface area contributed by atoms with Gasteiger partial charge in [0.1, 0.15) is 0 Å². The fourth-order valence-corrected chi connectivity index (χ4v) is 2.92. The molecule has 3 rings (SSSR count). The molecule has 112 valence electrons. The summed E-state index contributed by atoms with van der Waals surface area (Å²) in [5.41, 5.74) is 9.71. The first kappa shape index (κ1) is 15.1. The average Bonchev–Trinajstić information content (AvgIpc) is 3.03. The largest absolute Gasteiger partial charge is 0.329 e. The molecule has 0 bridgehead atoms. The van der Waals surface area contributed by atoms with Gasteiger partial charge in [0.05, 0.1) is 15.7 Å². The maximum absolute atomic E-state index is 6.32. The predicted octanol–water partition coefficient (Wildman–Crippen LogP) is 4.47. The zero-order valence-corrected chi connectivity index (χ0v) is 13.3. The topological polar surface area (TPSA) is 54.7 Å². The van der Waals surface area contributed by atoms with Crippen molar-refractivity contribution in [3.05, 3.63) is 75.9 Å². The molecule has 1 aromatic heterocycles. The van der Waals surface area contributed by atoms with E-state index in [1.807, 2.05) is 48.5 Å².